The molecule has 0 aliphatic heterocycles. The second kappa shape index (κ2) is 3.79. The predicted octanol–water partition coefficient (Wildman–Crippen LogP) is 1.19. The van der Waals surface area contributed by atoms with Crippen LogP contribution in [-0.2, 0) is 13.2 Å². The molecule has 84 valence electrons. The molecule has 0 saturated heterocycles. The molecule has 8 heteroatoms. The van der Waals surface area contributed by atoms with Crippen molar-refractivity contribution in [2.24, 2.45) is 7.05 Å². The van der Waals surface area contributed by atoms with E-state index in [1.165, 1.54) is 7.05 Å². The lowest BCUT2D eigenvalue weighted by atomic mass is 10.4. The Hall–Kier alpha value is -1.73. The molecule has 0 bridgehead atoms. The molecule has 15 heavy (non-hydrogen) atoms. The number of anilines is 1. The Kier molecular flexibility index (Phi) is 2.87. The first-order valence-electron chi connectivity index (χ1n) is 3.94. The summed E-state index contributed by atoms with van der Waals surface area (Å²) in [5.74, 6) is -0.149. The first-order valence-corrected chi connectivity index (χ1v) is 3.94. The van der Waals surface area contributed by atoms with Crippen LogP contribution < -0.4 is 10.6 Å². The highest BCUT2D eigenvalue weighted by molar-refractivity contribution is 5.87. The van der Waals surface area contributed by atoms with Gasteiger partial charge < -0.3 is 5.32 Å². The standard InChI is InChI=1S/C7H9F3N4O/c1-11-6(15)12-5-3-4(7(8,9)10)14(2)13-5/h3H,1-2H3,(H2,11,12,13,15). The number of urea groups is 1. The minimum Gasteiger partial charge on any atom is -0.341 e. The second-order valence-electron chi connectivity index (χ2n) is 2.74. The van der Waals surface area contributed by atoms with E-state index in [1.54, 1.807) is 0 Å². The Labute approximate surface area is 83.3 Å². The number of aryl methyl sites for hydroxylation is 1. The van der Waals surface area contributed by atoms with Crippen molar-refractivity contribution in [3.8, 4) is 0 Å². The molecule has 0 unspecified atom stereocenters. The van der Waals surface area contributed by atoms with Gasteiger partial charge in [0.1, 0.15) is 5.69 Å². The Morgan fingerprint density at radius 3 is 2.53 bits per heavy atom. The van der Waals surface area contributed by atoms with Gasteiger partial charge in [-0.3, -0.25) is 10.00 Å². The van der Waals surface area contributed by atoms with Crippen LogP contribution in [-0.4, -0.2) is 22.9 Å². The molecule has 1 aromatic heterocycles. The number of halogens is 3. The number of carbonyl (C=O) groups is 1. The van der Waals surface area contributed by atoms with E-state index < -0.39 is 17.9 Å². The largest absolute Gasteiger partial charge is 0.433 e. The van der Waals surface area contributed by atoms with E-state index in [4.69, 9.17) is 0 Å². The second-order valence-corrected chi connectivity index (χ2v) is 2.74. The van der Waals surface area contributed by atoms with Gasteiger partial charge in [-0.15, -0.1) is 0 Å². The number of carbonyl (C=O) groups excluding carboxylic acids is 1. The van der Waals surface area contributed by atoms with Crippen LogP contribution in [0.25, 0.3) is 0 Å². The lowest BCUT2D eigenvalue weighted by molar-refractivity contribution is -0.143. The van der Waals surface area contributed by atoms with Gasteiger partial charge >= 0.3 is 12.2 Å². The third-order valence-corrected chi connectivity index (χ3v) is 1.64. The molecule has 0 fully saturated rings. The number of alkyl halides is 3. The number of aromatic nitrogens is 2. The molecule has 1 heterocycles. The highest BCUT2D eigenvalue weighted by Gasteiger charge is 2.35. The van der Waals surface area contributed by atoms with Gasteiger partial charge in [0.15, 0.2) is 5.82 Å². The molecular formula is C7H9F3N4O. The fourth-order valence-corrected chi connectivity index (χ4v) is 0.972. The highest BCUT2D eigenvalue weighted by atomic mass is 19.4. The molecule has 1 rings (SSSR count). The van der Waals surface area contributed by atoms with Crippen molar-refractivity contribution in [2.75, 3.05) is 12.4 Å². The quantitative estimate of drug-likeness (QED) is 0.749. The summed E-state index contributed by atoms with van der Waals surface area (Å²) < 4.78 is 37.5. The molecule has 0 aliphatic rings. The zero-order valence-corrected chi connectivity index (χ0v) is 8.01. The van der Waals surface area contributed by atoms with E-state index in [9.17, 15) is 18.0 Å². The van der Waals surface area contributed by atoms with E-state index in [1.807, 2.05) is 0 Å². The average Bonchev–Trinajstić information content (AvgIpc) is 2.45. The van der Waals surface area contributed by atoms with Crippen LogP contribution in [0.5, 0.6) is 0 Å². The maximum Gasteiger partial charge on any atom is 0.433 e. The van der Waals surface area contributed by atoms with E-state index in [0.717, 1.165) is 13.1 Å². The molecular weight excluding hydrogens is 213 g/mol. The maximum absolute atomic E-state index is 12.3. The smallest absolute Gasteiger partial charge is 0.341 e. The number of hydrogen-bond acceptors (Lipinski definition) is 2. The minimum absolute atomic E-state index is 0.149. The molecule has 1 aromatic rings. The number of amides is 2. The molecule has 5 nitrogen and oxygen atoms in total. The first kappa shape index (κ1) is 11.3. The normalized spacial score (nSPS) is 11.3. The van der Waals surface area contributed by atoms with Gasteiger partial charge in [0.2, 0.25) is 0 Å². The van der Waals surface area contributed by atoms with Crippen molar-refractivity contribution in [1.82, 2.24) is 15.1 Å². The van der Waals surface area contributed by atoms with Gasteiger partial charge in [0.05, 0.1) is 0 Å². The molecule has 0 atom stereocenters. The molecule has 2 amide bonds. The Balaban J connectivity index is 2.91. The summed E-state index contributed by atoms with van der Waals surface area (Å²) in [6.45, 7) is 0. The van der Waals surface area contributed by atoms with Crippen molar-refractivity contribution < 1.29 is 18.0 Å². The fourth-order valence-electron chi connectivity index (χ4n) is 0.972. The fraction of sp³-hybridized carbons (Fsp3) is 0.429. The Morgan fingerprint density at radius 1 is 1.53 bits per heavy atom. The third-order valence-electron chi connectivity index (χ3n) is 1.64. The third kappa shape index (κ3) is 2.61. The number of hydrogen-bond donors (Lipinski definition) is 2. The van der Waals surface area contributed by atoms with Gasteiger partial charge in [0.25, 0.3) is 0 Å². The van der Waals surface area contributed by atoms with E-state index in [0.29, 0.717) is 4.68 Å². The predicted molar refractivity (Wildman–Crippen MR) is 46.3 cm³/mol. The van der Waals surface area contributed by atoms with Crippen LogP contribution in [0.1, 0.15) is 5.69 Å². The van der Waals surface area contributed by atoms with Gasteiger partial charge in [0, 0.05) is 20.2 Å². The van der Waals surface area contributed by atoms with Crippen LogP contribution in [0.4, 0.5) is 23.8 Å². The van der Waals surface area contributed by atoms with Crippen LogP contribution in [0.2, 0.25) is 0 Å². The Morgan fingerprint density at radius 2 is 2.13 bits per heavy atom. The lowest BCUT2D eigenvalue weighted by Crippen LogP contribution is -2.24. The number of nitrogens with one attached hydrogen (secondary N) is 2. The highest BCUT2D eigenvalue weighted by Crippen LogP contribution is 2.30. The maximum atomic E-state index is 12.3. The molecule has 0 aliphatic carbocycles. The van der Waals surface area contributed by atoms with Crippen LogP contribution >= 0.6 is 0 Å². The van der Waals surface area contributed by atoms with Gasteiger partial charge in [-0.2, -0.15) is 18.3 Å². The topological polar surface area (TPSA) is 59.0 Å². The van der Waals surface area contributed by atoms with Gasteiger partial charge in [-0.05, 0) is 0 Å². The summed E-state index contributed by atoms with van der Waals surface area (Å²) in [6.07, 6.45) is -4.48. The van der Waals surface area contributed by atoms with Crippen LogP contribution in [0.3, 0.4) is 0 Å². The molecule has 0 saturated carbocycles. The summed E-state index contributed by atoms with van der Waals surface area (Å²) in [5, 5.41) is 7.83. The minimum atomic E-state index is -4.48. The zero-order chi connectivity index (χ0) is 11.6. The van der Waals surface area contributed by atoms with Crippen LogP contribution in [0, 0.1) is 0 Å². The number of rotatable bonds is 1. The molecule has 0 aromatic carbocycles. The van der Waals surface area contributed by atoms with Crippen molar-refractivity contribution in [3.63, 3.8) is 0 Å². The first-order chi connectivity index (χ1) is 6.84. The van der Waals surface area contributed by atoms with Gasteiger partial charge in [-0.1, -0.05) is 0 Å². The lowest BCUT2D eigenvalue weighted by Gasteiger charge is -2.04. The number of nitrogens with zero attached hydrogens (tertiary/aromatic N) is 2. The summed E-state index contributed by atoms with van der Waals surface area (Å²) in [7, 11) is 2.50. The van der Waals surface area contributed by atoms with Crippen molar-refractivity contribution in [1.29, 1.82) is 0 Å². The molecule has 0 spiro atoms. The van der Waals surface area contributed by atoms with E-state index in [2.05, 4.69) is 15.7 Å². The van der Waals surface area contributed by atoms with E-state index in [-0.39, 0.29) is 5.82 Å². The molecule has 0 radical (unpaired) electrons. The average molecular weight is 222 g/mol. The van der Waals surface area contributed by atoms with E-state index >= 15 is 0 Å². The van der Waals surface area contributed by atoms with Gasteiger partial charge in [-0.25, -0.2) is 4.79 Å². The summed E-state index contributed by atoms with van der Waals surface area (Å²) in [6, 6.07) is 0.136. The Bertz CT molecular complexity index is 371. The zero-order valence-electron chi connectivity index (χ0n) is 8.01. The monoisotopic (exact) mass is 222 g/mol. The summed E-state index contributed by atoms with van der Waals surface area (Å²) >= 11 is 0. The van der Waals surface area contributed by atoms with Crippen molar-refractivity contribution >= 4 is 11.8 Å². The summed E-state index contributed by atoms with van der Waals surface area (Å²) in [5.41, 5.74) is -0.922. The summed E-state index contributed by atoms with van der Waals surface area (Å²) in [4.78, 5) is 10.8. The SMILES string of the molecule is CNC(=O)Nc1cc(C(F)(F)F)n(C)n1. The van der Waals surface area contributed by atoms with Crippen molar-refractivity contribution in [3.05, 3.63) is 11.8 Å². The molecule has 2 N–H and O–H groups in total. The van der Waals surface area contributed by atoms with Crippen LogP contribution in [0.15, 0.2) is 6.07 Å². The van der Waals surface area contributed by atoms with Crippen molar-refractivity contribution in [2.45, 2.75) is 6.18 Å².